The normalized spacial score (nSPS) is 16.9. The quantitative estimate of drug-likeness (QED) is 0.854. The van der Waals surface area contributed by atoms with Gasteiger partial charge in [0.05, 0.1) is 17.7 Å². The highest BCUT2D eigenvalue weighted by molar-refractivity contribution is 7.12. The molecule has 0 spiro atoms. The van der Waals surface area contributed by atoms with E-state index in [9.17, 15) is 0 Å². The van der Waals surface area contributed by atoms with Gasteiger partial charge in [0, 0.05) is 12.6 Å². The molecule has 1 aromatic heterocycles. The zero-order chi connectivity index (χ0) is 14.7. The van der Waals surface area contributed by atoms with Crippen molar-refractivity contribution in [1.29, 1.82) is 5.26 Å². The SMILES string of the molecule is Cn1nc(-c2ccc(C#N)cc2)s/c1=N/C1CCCCC1. The highest BCUT2D eigenvalue weighted by Gasteiger charge is 2.13. The summed E-state index contributed by atoms with van der Waals surface area (Å²) in [4.78, 5) is 5.85. The van der Waals surface area contributed by atoms with E-state index in [1.165, 1.54) is 32.1 Å². The zero-order valence-electron chi connectivity index (χ0n) is 12.1. The molecule has 0 amide bonds. The summed E-state index contributed by atoms with van der Waals surface area (Å²) < 4.78 is 1.87. The van der Waals surface area contributed by atoms with E-state index in [4.69, 9.17) is 10.3 Å². The Hall–Kier alpha value is -1.93. The first-order valence-electron chi connectivity index (χ1n) is 7.35. The number of nitriles is 1. The molecule has 0 unspecified atom stereocenters. The molecule has 1 fully saturated rings. The monoisotopic (exact) mass is 298 g/mol. The van der Waals surface area contributed by atoms with Crippen LogP contribution < -0.4 is 4.80 Å². The molecule has 108 valence electrons. The lowest BCUT2D eigenvalue weighted by Crippen LogP contribution is -2.18. The van der Waals surface area contributed by atoms with Crippen molar-refractivity contribution in [3.63, 3.8) is 0 Å². The third kappa shape index (κ3) is 3.22. The Morgan fingerprint density at radius 3 is 2.62 bits per heavy atom. The second-order valence-corrected chi connectivity index (χ2v) is 6.38. The molecule has 3 rings (SSSR count). The smallest absolute Gasteiger partial charge is 0.203 e. The number of aryl methyl sites for hydroxylation is 1. The summed E-state index contributed by atoms with van der Waals surface area (Å²) in [5.41, 5.74) is 1.71. The molecule has 4 nitrogen and oxygen atoms in total. The minimum Gasteiger partial charge on any atom is -0.254 e. The van der Waals surface area contributed by atoms with Crippen LogP contribution in [0, 0.1) is 11.3 Å². The van der Waals surface area contributed by atoms with Crippen LogP contribution >= 0.6 is 11.3 Å². The van der Waals surface area contributed by atoms with Crippen molar-refractivity contribution in [1.82, 2.24) is 9.78 Å². The largest absolute Gasteiger partial charge is 0.254 e. The highest BCUT2D eigenvalue weighted by atomic mass is 32.1. The number of hydrogen-bond acceptors (Lipinski definition) is 4. The average molecular weight is 298 g/mol. The van der Waals surface area contributed by atoms with Crippen molar-refractivity contribution in [2.75, 3.05) is 0 Å². The molecule has 1 saturated carbocycles. The number of nitrogens with zero attached hydrogens (tertiary/aromatic N) is 4. The standard InChI is InChI=1S/C16H18N4S/c1-20-16(18-14-5-3-2-4-6-14)21-15(19-20)13-9-7-12(11-17)8-10-13/h7-10,14H,2-6H2,1H3/b18-16+. The van der Waals surface area contributed by atoms with Crippen LogP contribution in [0.15, 0.2) is 29.3 Å². The van der Waals surface area contributed by atoms with Gasteiger partial charge in [-0.3, -0.25) is 4.99 Å². The van der Waals surface area contributed by atoms with Gasteiger partial charge >= 0.3 is 0 Å². The zero-order valence-corrected chi connectivity index (χ0v) is 12.9. The van der Waals surface area contributed by atoms with Gasteiger partial charge in [0.1, 0.15) is 5.01 Å². The van der Waals surface area contributed by atoms with Gasteiger partial charge in [-0.2, -0.15) is 10.4 Å². The molecular formula is C16H18N4S. The summed E-state index contributed by atoms with van der Waals surface area (Å²) in [6, 6.07) is 10.1. The molecule has 0 aliphatic heterocycles. The summed E-state index contributed by atoms with van der Waals surface area (Å²) in [7, 11) is 1.95. The van der Waals surface area contributed by atoms with Gasteiger partial charge in [-0.1, -0.05) is 42.7 Å². The predicted octanol–water partition coefficient (Wildman–Crippen LogP) is 3.25. The molecule has 1 aliphatic rings. The lowest BCUT2D eigenvalue weighted by Gasteiger charge is -2.16. The van der Waals surface area contributed by atoms with Crippen molar-refractivity contribution in [3.05, 3.63) is 34.6 Å². The Labute approximate surface area is 128 Å². The van der Waals surface area contributed by atoms with Crippen LogP contribution in [0.4, 0.5) is 0 Å². The molecular weight excluding hydrogens is 280 g/mol. The lowest BCUT2D eigenvalue weighted by atomic mass is 9.96. The van der Waals surface area contributed by atoms with Crippen LogP contribution in [-0.4, -0.2) is 15.8 Å². The fraction of sp³-hybridized carbons (Fsp3) is 0.438. The molecule has 0 saturated heterocycles. The topological polar surface area (TPSA) is 54.0 Å². The second-order valence-electron chi connectivity index (χ2n) is 5.42. The van der Waals surface area contributed by atoms with Gasteiger partial charge in [0.25, 0.3) is 0 Å². The third-order valence-electron chi connectivity index (χ3n) is 3.83. The molecule has 5 heteroatoms. The minimum atomic E-state index is 0.458. The number of aromatic nitrogens is 2. The molecule has 21 heavy (non-hydrogen) atoms. The van der Waals surface area contributed by atoms with E-state index in [0.29, 0.717) is 11.6 Å². The Morgan fingerprint density at radius 1 is 1.24 bits per heavy atom. The summed E-state index contributed by atoms with van der Waals surface area (Å²) in [5.74, 6) is 0. The molecule has 0 radical (unpaired) electrons. The Kier molecular flexibility index (Phi) is 4.16. The Balaban J connectivity index is 1.89. The number of hydrogen-bond donors (Lipinski definition) is 0. The van der Waals surface area contributed by atoms with Crippen LogP contribution in [0.3, 0.4) is 0 Å². The first kappa shape index (κ1) is 14.0. The Morgan fingerprint density at radius 2 is 1.95 bits per heavy atom. The molecule has 0 N–H and O–H groups in total. The van der Waals surface area contributed by atoms with Crippen molar-refractivity contribution in [3.8, 4) is 16.6 Å². The average Bonchev–Trinajstić information content (AvgIpc) is 2.89. The molecule has 2 aromatic rings. The van der Waals surface area contributed by atoms with Crippen molar-refractivity contribution in [2.24, 2.45) is 12.0 Å². The van der Waals surface area contributed by atoms with E-state index in [-0.39, 0.29) is 0 Å². The third-order valence-corrected chi connectivity index (χ3v) is 4.90. The molecule has 0 bridgehead atoms. The van der Waals surface area contributed by atoms with E-state index in [1.807, 2.05) is 36.0 Å². The van der Waals surface area contributed by atoms with Crippen LogP contribution in [0.25, 0.3) is 10.6 Å². The summed E-state index contributed by atoms with van der Waals surface area (Å²) >= 11 is 1.62. The maximum atomic E-state index is 8.85. The van der Waals surface area contributed by atoms with Gasteiger partial charge in [0.15, 0.2) is 0 Å². The maximum Gasteiger partial charge on any atom is 0.203 e. The van der Waals surface area contributed by atoms with Crippen molar-refractivity contribution >= 4 is 11.3 Å². The van der Waals surface area contributed by atoms with Crippen molar-refractivity contribution in [2.45, 2.75) is 38.1 Å². The summed E-state index contributed by atoms with van der Waals surface area (Å²) in [6.07, 6.45) is 6.32. The van der Waals surface area contributed by atoms with Crippen LogP contribution in [0.5, 0.6) is 0 Å². The van der Waals surface area contributed by atoms with E-state index in [1.54, 1.807) is 11.3 Å². The van der Waals surface area contributed by atoms with Crippen LogP contribution in [0.2, 0.25) is 0 Å². The molecule has 1 aromatic carbocycles. The lowest BCUT2D eigenvalue weighted by molar-refractivity contribution is 0.434. The van der Waals surface area contributed by atoms with E-state index in [2.05, 4.69) is 11.2 Å². The van der Waals surface area contributed by atoms with E-state index in [0.717, 1.165) is 15.4 Å². The fourth-order valence-electron chi connectivity index (χ4n) is 2.63. The summed E-state index contributed by atoms with van der Waals surface area (Å²) in [6.45, 7) is 0. The Bertz CT molecular complexity index is 712. The predicted molar refractivity (Wildman–Crippen MR) is 83.7 cm³/mol. The molecule has 1 heterocycles. The first-order valence-corrected chi connectivity index (χ1v) is 8.16. The fourth-order valence-corrected chi connectivity index (χ4v) is 3.60. The molecule has 1 aliphatic carbocycles. The first-order chi connectivity index (χ1) is 10.3. The number of rotatable bonds is 2. The van der Waals surface area contributed by atoms with E-state index >= 15 is 0 Å². The number of benzene rings is 1. The summed E-state index contributed by atoms with van der Waals surface area (Å²) in [5, 5.41) is 14.4. The van der Waals surface area contributed by atoms with E-state index < -0.39 is 0 Å². The van der Waals surface area contributed by atoms with Gasteiger partial charge in [-0.15, -0.1) is 0 Å². The van der Waals surface area contributed by atoms with Crippen molar-refractivity contribution < 1.29 is 0 Å². The molecule has 0 atom stereocenters. The van der Waals surface area contributed by atoms with Gasteiger partial charge in [-0.25, -0.2) is 4.68 Å². The highest BCUT2D eigenvalue weighted by Crippen LogP contribution is 2.22. The van der Waals surface area contributed by atoms with Crippen LogP contribution in [-0.2, 0) is 7.05 Å². The maximum absolute atomic E-state index is 8.85. The second kappa shape index (κ2) is 6.23. The van der Waals surface area contributed by atoms with Gasteiger partial charge in [0.2, 0.25) is 4.80 Å². The van der Waals surface area contributed by atoms with Crippen LogP contribution in [0.1, 0.15) is 37.7 Å². The van der Waals surface area contributed by atoms with Gasteiger partial charge < -0.3 is 0 Å². The minimum absolute atomic E-state index is 0.458. The van der Waals surface area contributed by atoms with Gasteiger partial charge in [-0.05, 0) is 25.0 Å².